The van der Waals surface area contributed by atoms with Gasteiger partial charge in [0.1, 0.15) is 6.29 Å². The molecule has 20 heavy (non-hydrogen) atoms. The Morgan fingerprint density at radius 1 is 0.900 bits per heavy atom. The lowest BCUT2D eigenvalue weighted by atomic mass is 9.86. The Morgan fingerprint density at radius 2 is 1.30 bits per heavy atom. The standard InChI is InChI=1S/C16H17NO.C2H6.H2/c1-17-15(12-18)16(13-8-4-2-5-9-13)14-10-6-3-7-11-14;1-2;/h2-12,15-17H,1H3;1-2H3;1H/t15-;;/m1../s1. The van der Waals surface area contributed by atoms with Gasteiger partial charge in [0.05, 0.1) is 6.04 Å². The molecule has 0 fully saturated rings. The Morgan fingerprint density at radius 3 is 1.60 bits per heavy atom. The minimum atomic E-state index is -0.213. The summed E-state index contributed by atoms with van der Waals surface area (Å²) in [6, 6.07) is 20.0. The predicted octanol–water partition coefficient (Wildman–Crippen LogP) is 3.88. The summed E-state index contributed by atoms with van der Waals surface area (Å²) in [5.41, 5.74) is 2.30. The molecule has 0 radical (unpaired) electrons. The molecule has 2 aromatic rings. The second-order valence-corrected chi connectivity index (χ2v) is 4.25. The zero-order chi connectivity index (χ0) is 14.8. The molecule has 0 spiro atoms. The maximum Gasteiger partial charge on any atom is 0.137 e. The number of nitrogens with one attached hydrogen (secondary N) is 1. The number of rotatable bonds is 5. The molecule has 0 aliphatic heterocycles. The van der Waals surface area contributed by atoms with Crippen molar-refractivity contribution in [3.05, 3.63) is 71.8 Å². The van der Waals surface area contributed by atoms with E-state index >= 15 is 0 Å². The van der Waals surface area contributed by atoms with Gasteiger partial charge in [0.15, 0.2) is 0 Å². The topological polar surface area (TPSA) is 29.1 Å². The first kappa shape index (κ1) is 16.1. The molecule has 0 bridgehead atoms. The average molecular weight is 271 g/mol. The van der Waals surface area contributed by atoms with Crippen LogP contribution in [0.15, 0.2) is 60.7 Å². The van der Waals surface area contributed by atoms with Crippen LogP contribution in [0.5, 0.6) is 0 Å². The van der Waals surface area contributed by atoms with E-state index in [2.05, 4.69) is 29.6 Å². The molecule has 2 nitrogen and oxygen atoms in total. The van der Waals surface area contributed by atoms with Crippen LogP contribution in [0.25, 0.3) is 0 Å². The number of hydrogen-bond acceptors (Lipinski definition) is 2. The number of benzene rings is 2. The summed E-state index contributed by atoms with van der Waals surface area (Å²) < 4.78 is 0. The first-order valence-electron chi connectivity index (χ1n) is 7.09. The van der Waals surface area contributed by atoms with E-state index in [-0.39, 0.29) is 13.4 Å². The van der Waals surface area contributed by atoms with E-state index in [1.807, 2.05) is 57.3 Å². The fraction of sp³-hybridized carbons (Fsp3) is 0.278. The summed E-state index contributed by atoms with van der Waals surface area (Å²) in [5, 5.41) is 3.08. The molecule has 1 N–H and O–H groups in total. The van der Waals surface area contributed by atoms with Gasteiger partial charge in [0.25, 0.3) is 0 Å². The lowest BCUT2D eigenvalue weighted by Gasteiger charge is -2.23. The predicted molar refractivity (Wildman–Crippen MR) is 87.1 cm³/mol. The van der Waals surface area contributed by atoms with Crippen LogP contribution in [0.2, 0.25) is 0 Å². The van der Waals surface area contributed by atoms with Crippen molar-refractivity contribution in [2.45, 2.75) is 25.8 Å². The van der Waals surface area contributed by atoms with Crippen molar-refractivity contribution in [2.75, 3.05) is 7.05 Å². The van der Waals surface area contributed by atoms with Gasteiger partial charge in [-0.25, -0.2) is 0 Å². The quantitative estimate of drug-likeness (QED) is 0.836. The van der Waals surface area contributed by atoms with Gasteiger partial charge in [-0.3, -0.25) is 0 Å². The van der Waals surface area contributed by atoms with Gasteiger partial charge in [-0.15, -0.1) is 0 Å². The Kier molecular flexibility index (Phi) is 7.30. The number of aldehydes is 1. The van der Waals surface area contributed by atoms with Crippen molar-refractivity contribution in [2.24, 2.45) is 0 Å². The Bertz CT molecular complexity index is 448. The highest BCUT2D eigenvalue weighted by Crippen LogP contribution is 2.27. The largest absolute Gasteiger partial charge is 0.310 e. The van der Waals surface area contributed by atoms with E-state index in [0.29, 0.717) is 0 Å². The smallest absolute Gasteiger partial charge is 0.137 e. The normalized spacial score (nSPS) is 11.4. The summed E-state index contributed by atoms with van der Waals surface area (Å²) in [7, 11) is 1.82. The van der Waals surface area contributed by atoms with E-state index in [4.69, 9.17) is 0 Å². The van der Waals surface area contributed by atoms with Crippen molar-refractivity contribution in [1.29, 1.82) is 0 Å². The van der Waals surface area contributed by atoms with Gasteiger partial charge in [0.2, 0.25) is 0 Å². The van der Waals surface area contributed by atoms with Crippen LogP contribution in [0, 0.1) is 0 Å². The summed E-state index contributed by atoms with van der Waals surface area (Å²) in [6.45, 7) is 4.00. The third kappa shape index (κ3) is 4.04. The van der Waals surface area contributed by atoms with Crippen molar-refractivity contribution >= 4 is 6.29 Å². The maximum absolute atomic E-state index is 11.3. The van der Waals surface area contributed by atoms with Gasteiger partial charge in [-0.05, 0) is 18.2 Å². The molecule has 0 amide bonds. The molecule has 0 aliphatic carbocycles. The molecule has 2 rings (SSSR count). The second kappa shape index (κ2) is 9.05. The van der Waals surface area contributed by atoms with Gasteiger partial charge < -0.3 is 10.1 Å². The lowest BCUT2D eigenvalue weighted by Crippen LogP contribution is -2.34. The van der Waals surface area contributed by atoms with Gasteiger partial charge in [-0.1, -0.05) is 74.5 Å². The highest BCUT2D eigenvalue weighted by atomic mass is 16.1. The maximum atomic E-state index is 11.3. The van der Waals surface area contributed by atoms with E-state index in [1.165, 1.54) is 0 Å². The number of likely N-dealkylation sites (N-methyl/N-ethyl adjacent to an activating group) is 1. The van der Waals surface area contributed by atoms with E-state index in [1.54, 1.807) is 0 Å². The lowest BCUT2D eigenvalue weighted by molar-refractivity contribution is -0.109. The SMILES string of the molecule is CC.CN[C@H](C=O)C(c1ccccc1)c1ccccc1.[HH]. The van der Waals surface area contributed by atoms with Gasteiger partial charge >= 0.3 is 0 Å². The van der Waals surface area contributed by atoms with Crippen LogP contribution >= 0.6 is 0 Å². The molecule has 0 saturated carbocycles. The second-order valence-electron chi connectivity index (χ2n) is 4.25. The van der Waals surface area contributed by atoms with Gasteiger partial charge in [-0.2, -0.15) is 0 Å². The molecule has 0 saturated heterocycles. The number of carbonyl (C=O) groups excluding carboxylic acids is 1. The molecular weight excluding hydrogens is 246 g/mol. The summed E-state index contributed by atoms with van der Waals surface area (Å²) in [4.78, 5) is 11.3. The first-order chi connectivity index (χ1) is 9.86. The highest BCUT2D eigenvalue weighted by Gasteiger charge is 2.22. The summed E-state index contributed by atoms with van der Waals surface area (Å²) in [5.74, 6) is 0.0508. The molecule has 0 heterocycles. The molecule has 2 aromatic carbocycles. The molecule has 0 aliphatic rings. The fourth-order valence-electron chi connectivity index (χ4n) is 2.24. The number of hydrogen-bond donors (Lipinski definition) is 1. The van der Waals surface area contributed by atoms with E-state index in [9.17, 15) is 4.79 Å². The minimum Gasteiger partial charge on any atom is -0.310 e. The van der Waals surface area contributed by atoms with Crippen molar-refractivity contribution in [1.82, 2.24) is 5.32 Å². The first-order valence-corrected chi connectivity index (χ1v) is 7.09. The summed E-state index contributed by atoms with van der Waals surface area (Å²) in [6.07, 6.45) is 0.977. The summed E-state index contributed by atoms with van der Waals surface area (Å²) >= 11 is 0. The third-order valence-corrected chi connectivity index (χ3v) is 3.16. The average Bonchev–Trinajstić information content (AvgIpc) is 2.56. The molecule has 108 valence electrons. The van der Waals surface area contributed by atoms with Crippen molar-refractivity contribution < 1.29 is 6.22 Å². The molecule has 2 heteroatoms. The molecular formula is C18H25NO. The fourth-order valence-corrected chi connectivity index (χ4v) is 2.24. The molecule has 1 atom stereocenters. The highest BCUT2D eigenvalue weighted by molar-refractivity contribution is 5.62. The zero-order valence-electron chi connectivity index (χ0n) is 12.4. The minimum absolute atomic E-state index is 0. The molecule has 0 aromatic heterocycles. The molecule has 0 unspecified atom stereocenters. The Hall–Kier alpha value is -1.93. The zero-order valence-corrected chi connectivity index (χ0v) is 12.4. The van der Waals surface area contributed by atoms with Crippen LogP contribution < -0.4 is 5.32 Å². The van der Waals surface area contributed by atoms with Crippen molar-refractivity contribution in [3.63, 3.8) is 0 Å². The van der Waals surface area contributed by atoms with Crippen molar-refractivity contribution in [3.8, 4) is 0 Å². The van der Waals surface area contributed by atoms with E-state index < -0.39 is 0 Å². The Labute approximate surface area is 123 Å². The third-order valence-electron chi connectivity index (χ3n) is 3.16. The van der Waals surface area contributed by atoms with Crippen LogP contribution in [0.4, 0.5) is 0 Å². The van der Waals surface area contributed by atoms with Crippen LogP contribution in [-0.4, -0.2) is 19.4 Å². The monoisotopic (exact) mass is 271 g/mol. The Balaban J connectivity index is 0.00000128. The number of carbonyl (C=O) groups is 1. The van der Waals surface area contributed by atoms with Gasteiger partial charge in [0, 0.05) is 7.34 Å². The van der Waals surface area contributed by atoms with E-state index in [0.717, 1.165) is 17.4 Å². The van der Waals surface area contributed by atoms with Crippen LogP contribution in [0.3, 0.4) is 0 Å². The van der Waals surface area contributed by atoms with Crippen LogP contribution in [0.1, 0.15) is 32.3 Å². The van der Waals surface area contributed by atoms with Crippen LogP contribution in [-0.2, 0) is 4.79 Å².